The van der Waals surface area contributed by atoms with Crippen molar-refractivity contribution in [1.82, 2.24) is 9.80 Å². The van der Waals surface area contributed by atoms with Crippen LogP contribution in [0.15, 0.2) is 34.8 Å². The summed E-state index contributed by atoms with van der Waals surface area (Å²) >= 11 is 0. The van der Waals surface area contributed by atoms with Crippen LogP contribution in [0.1, 0.15) is 54.9 Å². The van der Waals surface area contributed by atoms with Crippen LogP contribution < -0.4 is 11.1 Å². The molecule has 5 rings (SSSR count). The average molecular weight is 585 g/mol. The number of fused-ring (bicyclic) bond motifs is 3. The Morgan fingerprint density at radius 2 is 1.81 bits per heavy atom. The number of primary amides is 1. The van der Waals surface area contributed by atoms with Crippen molar-refractivity contribution in [3.05, 3.63) is 45.9 Å². The molecule has 1 amide bonds. The van der Waals surface area contributed by atoms with Crippen LogP contribution in [-0.2, 0) is 9.59 Å². The number of Topliss-reactive ketones (excluding diaryl/α,β-unsaturated/α-hetero) is 2. The molecule has 0 saturated carbocycles. The van der Waals surface area contributed by atoms with Crippen LogP contribution in [0, 0.1) is 11.8 Å². The number of hydrogen-bond acceptors (Lipinski definition) is 11. The number of hydrogen-bond donors (Lipinski definition) is 7. The third-order valence-corrected chi connectivity index (χ3v) is 9.62. The molecule has 1 aromatic carbocycles. The fraction of sp³-hybridized carbons (Fsp3) is 0.567. The Balaban J connectivity index is 1.59. The van der Waals surface area contributed by atoms with Gasteiger partial charge in [0.1, 0.15) is 22.8 Å². The highest BCUT2D eigenvalue weighted by atomic mass is 16.4. The second-order valence-corrected chi connectivity index (χ2v) is 12.2. The van der Waals surface area contributed by atoms with E-state index in [1.54, 1.807) is 19.1 Å². The van der Waals surface area contributed by atoms with E-state index >= 15 is 0 Å². The van der Waals surface area contributed by atoms with Gasteiger partial charge in [-0.05, 0) is 57.5 Å². The number of nitrogens with one attached hydrogen (secondary N) is 1. The van der Waals surface area contributed by atoms with Gasteiger partial charge in [0, 0.05) is 30.6 Å². The Morgan fingerprint density at radius 3 is 2.38 bits per heavy atom. The number of likely N-dealkylation sites (tertiary alicyclic amines) is 1. The van der Waals surface area contributed by atoms with Gasteiger partial charge in [-0.1, -0.05) is 19.9 Å². The second-order valence-electron chi connectivity index (χ2n) is 12.2. The highest BCUT2D eigenvalue weighted by molar-refractivity contribution is 6.25. The molecule has 0 spiro atoms. The highest BCUT2D eigenvalue weighted by Gasteiger charge is 2.67. The number of nitrogens with zero attached hydrogens (tertiary/aromatic N) is 2. The molecule has 0 aromatic heterocycles. The van der Waals surface area contributed by atoms with Gasteiger partial charge >= 0.3 is 0 Å². The number of benzene rings is 1. The number of anilines is 1. The molecule has 8 N–H and O–H groups in total. The number of phenolic OH excluding ortho intramolecular Hbond substituents is 1. The topological polar surface area (TPSA) is 197 Å². The molecule has 4 aliphatic rings. The van der Waals surface area contributed by atoms with Gasteiger partial charge in [-0.15, -0.1) is 0 Å². The van der Waals surface area contributed by atoms with E-state index in [1.165, 1.54) is 19.0 Å². The molecule has 1 aromatic rings. The van der Waals surface area contributed by atoms with Crippen molar-refractivity contribution in [3.63, 3.8) is 0 Å². The smallest absolute Gasteiger partial charge is 0.255 e. The van der Waals surface area contributed by atoms with Gasteiger partial charge in [0.2, 0.25) is 5.78 Å². The lowest BCUT2D eigenvalue weighted by molar-refractivity contribution is -0.162. The average Bonchev–Trinajstić information content (AvgIpc) is 2.92. The van der Waals surface area contributed by atoms with E-state index in [1.807, 2.05) is 0 Å². The van der Waals surface area contributed by atoms with Gasteiger partial charge in [-0.25, -0.2) is 0 Å². The van der Waals surface area contributed by atoms with Crippen LogP contribution in [-0.4, -0.2) is 110 Å². The lowest BCUT2D eigenvalue weighted by Gasteiger charge is -2.53. The molecule has 3 aliphatic carbocycles. The predicted molar refractivity (Wildman–Crippen MR) is 153 cm³/mol. The number of phenols is 1. The normalized spacial score (nSPS) is 32.1. The summed E-state index contributed by atoms with van der Waals surface area (Å²) in [5.41, 5.74) is 1.80. The Hall–Kier alpha value is -3.45. The second kappa shape index (κ2) is 10.7. The summed E-state index contributed by atoms with van der Waals surface area (Å²) in [5.74, 6) is -8.92. The number of piperidine rings is 1. The maximum absolute atomic E-state index is 14.0. The van der Waals surface area contributed by atoms with E-state index < -0.39 is 75.6 Å². The van der Waals surface area contributed by atoms with Crippen LogP contribution in [0.4, 0.5) is 5.69 Å². The number of likely N-dealkylation sites (N-methyl/N-ethyl adjacent to an activating group) is 1. The molecular weight excluding hydrogens is 544 g/mol. The molecule has 0 bridgehead atoms. The molecule has 1 aliphatic heterocycles. The molecule has 1 fully saturated rings. The summed E-state index contributed by atoms with van der Waals surface area (Å²) in [6.45, 7) is 6.69. The molecule has 0 radical (unpaired) electrons. The lowest BCUT2D eigenvalue weighted by atomic mass is 9.55. The maximum atomic E-state index is 14.0. The zero-order chi connectivity index (χ0) is 30.8. The highest BCUT2D eigenvalue weighted by Crippen LogP contribution is 2.56. The molecular formula is C30H40N4O8. The molecule has 6 atom stereocenters. The van der Waals surface area contributed by atoms with Crippen molar-refractivity contribution in [3.8, 4) is 5.75 Å². The standard InChI is InChI=1S/C30H40N4O8/c1-5-10-34-11-8-14(9-12-34)32-16-7-6-15-13(2)17-19(24(36)18(15)23(16)35)27(39)30(42)21(25(17)37)22(33(3)4)26(38)20(28(30)40)29(31)41/h6-7,13-14,17,21-22,25,32,35,37-39,42H,5,8-12H2,1-4H3,(H2,31,41)/t13-,17+,21+,22-,25-,30-/m0/s1. The number of rotatable bonds is 6. The summed E-state index contributed by atoms with van der Waals surface area (Å²) in [5, 5.41) is 60.6. The minimum absolute atomic E-state index is 0.0750. The molecule has 42 heavy (non-hydrogen) atoms. The quantitative estimate of drug-likeness (QED) is 0.186. The third kappa shape index (κ3) is 4.23. The summed E-state index contributed by atoms with van der Waals surface area (Å²) in [7, 11) is 3.01. The maximum Gasteiger partial charge on any atom is 0.255 e. The van der Waals surface area contributed by atoms with Crippen LogP contribution >= 0.6 is 0 Å². The summed E-state index contributed by atoms with van der Waals surface area (Å²) in [6, 6.07) is 2.18. The fourth-order valence-corrected chi connectivity index (χ4v) is 7.58. The molecule has 0 unspecified atom stereocenters. The number of nitrogens with two attached hydrogens (primary N) is 1. The first kappa shape index (κ1) is 30.0. The SMILES string of the molecule is CCCN1CCC(Nc2ccc3c(c2O)C(=O)C2=C(O)[C@]4(O)C(=O)C(C(N)=O)=C(O)[C@@H](N(C)C)[C@@H]4[C@@H](O)[C@@H]2[C@H]3C)CC1. The van der Waals surface area contributed by atoms with Crippen molar-refractivity contribution >= 4 is 23.2 Å². The van der Waals surface area contributed by atoms with Crippen molar-refractivity contribution < 1.29 is 39.9 Å². The first-order chi connectivity index (χ1) is 19.8. The third-order valence-electron chi connectivity index (χ3n) is 9.62. The van der Waals surface area contributed by atoms with Gasteiger partial charge in [0.05, 0.1) is 29.3 Å². The van der Waals surface area contributed by atoms with E-state index in [9.17, 15) is 39.9 Å². The van der Waals surface area contributed by atoms with Gasteiger partial charge in [0.25, 0.3) is 5.91 Å². The summed E-state index contributed by atoms with van der Waals surface area (Å²) in [4.78, 5) is 43.5. The zero-order valence-electron chi connectivity index (χ0n) is 24.3. The summed E-state index contributed by atoms with van der Waals surface area (Å²) < 4.78 is 0. The van der Waals surface area contributed by atoms with Crippen molar-refractivity contribution in [2.24, 2.45) is 17.6 Å². The van der Waals surface area contributed by atoms with E-state index in [-0.39, 0.29) is 17.4 Å². The van der Waals surface area contributed by atoms with E-state index in [0.29, 0.717) is 11.3 Å². The van der Waals surface area contributed by atoms with Gasteiger partial charge in [-0.2, -0.15) is 0 Å². The number of carbonyl (C=O) groups is 3. The van der Waals surface area contributed by atoms with Gasteiger partial charge in [-0.3, -0.25) is 19.3 Å². The zero-order valence-corrected chi connectivity index (χ0v) is 24.3. The Morgan fingerprint density at radius 1 is 1.17 bits per heavy atom. The lowest BCUT2D eigenvalue weighted by Crippen LogP contribution is -2.68. The Labute approximate surface area is 244 Å². The molecule has 228 valence electrons. The minimum atomic E-state index is -2.93. The molecule has 1 saturated heterocycles. The number of aromatic hydroxyl groups is 1. The molecule has 12 nitrogen and oxygen atoms in total. The molecule has 1 heterocycles. The monoisotopic (exact) mass is 584 g/mol. The number of aliphatic hydroxyl groups is 4. The number of aliphatic hydroxyl groups excluding tert-OH is 3. The first-order valence-electron chi connectivity index (χ1n) is 14.4. The predicted octanol–water partition coefficient (Wildman–Crippen LogP) is 0.939. The Bertz CT molecular complexity index is 1400. The van der Waals surface area contributed by atoms with Crippen LogP contribution in [0.2, 0.25) is 0 Å². The number of carbonyl (C=O) groups excluding carboxylic acids is 3. The van der Waals surface area contributed by atoms with Crippen LogP contribution in [0.5, 0.6) is 5.75 Å². The largest absolute Gasteiger partial charge is 0.510 e. The number of amides is 1. The first-order valence-corrected chi connectivity index (χ1v) is 14.4. The van der Waals surface area contributed by atoms with Gasteiger partial charge in [0.15, 0.2) is 11.4 Å². The Kier molecular flexibility index (Phi) is 7.63. The molecule has 12 heteroatoms. The van der Waals surface area contributed by atoms with E-state index in [2.05, 4.69) is 17.1 Å². The van der Waals surface area contributed by atoms with Gasteiger partial charge < -0.3 is 41.5 Å². The minimum Gasteiger partial charge on any atom is -0.510 e. The van der Waals surface area contributed by atoms with Crippen molar-refractivity contribution in [2.45, 2.75) is 62.8 Å². The van der Waals surface area contributed by atoms with Crippen molar-refractivity contribution in [1.29, 1.82) is 0 Å². The van der Waals surface area contributed by atoms with Crippen molar-refractivity contribution in [2.75, 3.05) is 39.0 Å². The van der Waals surface area contributed by atoms with Crippen LogP contribution in [0.3, 0.4) is 0 Å². The van der Waals surface area contributed by atoms with E-state index in [4.69, 9.17) is 5.73 Å². The van der Waals surface area contributed by atoms with Crippen LogP contribution in [0.25, 0.3) is 0 Å². The van der Waals surface area contributed by atoms with E-state index in [0.717, 1.165) is 38.9 Å². The fourth-order valence-electron chi connectivity index (χ4n) is 7.58. The number of ketones is 2. The summed E-state index contributed by atoms with van der Waals surface area (Å²) in [6.07, 6.45) is 1.16.